The summed E-state index contributed by atoms with van der Waals surface area (Å²) in [4.78, 5) is 4.72. The SMILES string of the molecule is CCCc1nc(NC)cc2c1CCCCC2. The Bertz CT molecular complexity index is 358. The van der Waals surface area contributed by atoms with Gasteiger partial charge < -0.3 is 5.32 Å². The highest BCUT2D eigenvalue weighted by Crippen LogP contribution is 2.25. The molecular weight excluding hydrogens is 196 g/mol. The van der Waals surface area contributed by atoms with E-state index >= 15 is 0 Å². The van der Waals surface area contributed by atoms with Crippen LogP contribution in [0.15, 0.2) is 6.07 Å². The molecule has 2 heteroatoms. The number of pyridine rings is 1. The molecule has 16 heavy (non-hydrogen) atoms. The maximum Gasteiger partial charge on any atom is 0.126 e. The quantitative estimate of drug-likeness (QED) is 0.787. The fraction of sp³-hybridized carbons (Fsp3) is 0.643. The Morgan fingerprint density at radius 1 is 1.25 bits per heavy atom. The molecule has 1 aromatic rings. The first-order valence-corrected chi connectivity index (χ1v) is 6.54. The second-order valence-corrected chi connectivity index (χ2v) is 4.65. The van der Waals surface area contributed by atoms with E-state index in [2.05, 4.69) is 18.3 Å². The van der Waals surface area contributed by atoms with E-state index in [1.54, 1.807) is 11.1 Å². The van der Waals surface area contributed by atoms with Gasteiger partial charge >= 0.3 is 0 Å². The zero-order valence-corrected chi connectivity index (χ0v) is 10.5. The van der Waals surface area contributed by atoms with Crippen LogP contribution in [0.25, 0.3) is 0 Å². The third-order valence-electron chi connectivity index (χ3n) is 3.42. The van der Waals surface area contributed by atoms with Gasteiger partial charge in [0.15, 0.2) is 0 Å². The van der Waals surface area contributed by atoms with Gasteiger partial charge in [-0.05, 0) is 49.3 Å². The van der Waals surface area contributed by atoms with E-state index in [0.717, 1.165) is 12.2 Å². The van der Waals surface area contributed by atoms with Crippen LogP contribution in [0.4, 0.5) is 5.82 Å². The Balaban J connectivity index is 2.40. The Labute approximate surface area is 98.5 Å². The highest BCUT2D eigenvalue weighted by molar-refractivity contribution is 5.44. The van der Waals surface area contributed by atoms with Crippen LogP contribution in [-0.2, 0) is 19.3 Å². The van der Waals surface area contributed by atoms with Crippen molar-refractivity contribution in [3.05, 3.63) is 22.9 Å². The lowest BCUT2D eigenvalue weighted by Gasteiger charge is -2.13. The molecule has 0 spiro atoms. The molecule has 0 saturated carbocycles. The molecule has 1 heterocycles. The minimum absolute atomic E-state index is 1.05. The van der Waals surface area contributed by atoms with Gasteiger partial charge in [0, 0.05) is 12.7 Å². The molecule has 0 radical (unpaired) electrons. The lowest BCUT2D eigenvalue weighted by Crippen LogP contribution is -2.05. The zero-order valence-electron chi connectivity index (χ0n) is 10.5. The van der Waals surface area contributed by atoms with Crippen LogP contribution in [0.1, 0.15) is 49.4 Å². The van der Waals surface area contributed by atoms with Gasteiger partial charge in [-0.1, -0.05) is 19.8 Å². The average molecular weight is 218 g/mol. The van der Waals surface area contributed by atoms with Gasteiger partial charge in [-0.25, -0.2) is 4.98 Å². The number of nitrogens with zero attached hydrogens (tertiary/aromatic N) is 1. The van der Waals surface area contributed by atoms with E-state index in [9.17, 15) is 0 Å². The summed E-state index contributed by atoms with van der Waals surface area (Å²) in [6.45, 7) is 2.23. The number of rotatable bonds is 3. The van der Waals surface area contributed by atoms with E-state index in [1.165, 1.54) is 44.2 Å². The van der Waals surface area contributed by atoms with Gasteiger partial charge in [-0.15, -0.1) is 0 Å². The third-order valence-corrected chi connectivity index (χ3v) is 3.42. The molecule has 0 unspecified atom stereocenters. The number of hydrogen-bond acceptors (Lipinski definition) is 2. The summed E-state index contributed by atoms with van der Waals surface area (Å²) in [6, 6.07) is 2.25. The van der Waals surface area contributed by atoms with Crippen LogP contribution in [0.2, 0.25) is 0 Å². The van der Waals surface area contributed by atoms with Gasteiger partial charge in [0.25, 0.3) is 0 Å². The van der Waals surface area contributed by atoms with Crippen molar-refractivity contribution < 1.29 is 0 Å². The molecule has 88 valence electrons. The highest BCUT2D eigenvalue weighted by atomic mass is 15.0. The van der Waals surface area contributed by atoms with E-state index in [4.69, 9.17) is 4.98 Å². The minimum Gasteiger partial charge on any atom is -0.373 e. The Kier molecular flexibility index (Phi) is 3.81. The van der Waals surface area contributed by atoms with E-state index in [0.29, 0.717) is 0 Å². The number of nitrogens with one attached hydrogen (secondary N) is 1. The fourth-order valence-corrected chi connectivity index (χ4v) is 2.58. The van der Waals surface area contributed by atoms with Crippen molar-refractivity contribution in [1.82, 2.24) is 4.98 Å². The molecule has 0 fully saturated rings. The van der Waals surface area contributed by atoms with Crippen molar-refractivity contribution in [1.29, 1.82) is 0 Å². The molecule has 0 saturated heterocycles. The van der Waals surface area contributed by atoms with Gasteiger partial charge in [0.2, 0.25) is 0 Å². The summed E-state index contributed by atoms with van der Waals surface area (Å²) >= 11 is 0. The van der Waals surface area contributed by atoms with Crippen molar-refractivity contribution in [3.63, 3.8) is 0 Å². The molecule has 0 bridgehead atoms. The molecule has 0 aliphatic heterocycles. The van der Waals surface area contributed by atoms with E-state index in [-0.39, 0.29) is 0 Å². The summed E-state index contributed by atoms with van der Waals surface area (Å²) in [7, 11) is 1.96. The molecule has 1 aliphatic carbocycles. The molecule has 0 amide bonds. The van der Waals surface area contributed by atoms with Gasteiger partial charge in [-0.2, -0.15) is 0 Å². The Hall–Kier alpha value is -1.05. The second-order valence-electron chi connectivity index (χ2n) is 4.65. The maximum absolute atomic E-state index is 4.72. The standard InChI is InChI=1S/C14H22N2/c1-3-7-13-12-9-6-4-5-8-11(12)10-14(15-2)16-13/h10H,3-9H2,1-2H3,(H,15,16). The summed E-state index contributed by atoms with van der Waals surface area (Å²) in [6.07, 6.45) is 8.83. The highest BCUT2D eigenvalue weighted by Gasteiger charge is 2.14. The van der Waals surface area contributed by atoms with Crippen molar-refractivity contribution in [2.45, 2.75) is 51.9 Å². The molecule has 1 aliphatic rings. The third kappa shape index (κ3) is 2.37. The lowest BCUT2D eigenvalue weighted by molar-refractivity contribution is 0.709. The first kappa shape index (κ1) is 11.4. The molecule has 1 aromatic heterocycles. The van der Waals surface area contributed by atoms with Crippen LogP contribution < -0.4 is 5.32 Å². The predicted octanol–water partition coefficient (Wildman–Crippen LogP) is 3.34. The average Bonchev–Trinajstić information content (AvgIpc) is 2.54. The number of anilines is 1. The second kappa shape index (κ2) is 5.33. The molecule has 0 atom stereocenters. The topological polar surface area (TPSA) is 24.9 Å². The van der Waals surface area contributed by atoms with E-state index < -0.39 is 0 Å². The lowest BCUT2D eigenvalue weighted by atomic mass is 9.99. The van der Waals surface area contributed by atoms with Crippen LogP contribution in [0.5, 0.6) is 0 Å². The van der Waals surface area contributed by atoms with Crippen molar-refractivity contribution in [2.24, 2.45) is 0 Å². The predicted molar refractivity (Wildman–Crippen MR) is 69.0 cm³/mol. The van der Waals surface area contributed by atoms with Crippen molar-refractivity contribution >= 4 is 5.82 Å². The summed E-state index contributed by atoms with van der Waals surface area (Å²) < 4.78 is 0. The maximum atomic E-state index is 4.72. The van der Waals surface area contributed by atoms with E-state index in [1.807, 2.05) is 7.05 Å². The number of hydrogen-bond donors (Lipinski definition) is 1. The molecular formula is C14H22N2. The van der Waals surface area contributed by atoms with Crippen LogP contribution >= 0.6 is 0 Å². The monoisotopic (exact) mass is 218 g/mol. The molecule has 1 N–H and O–H groups in total. The van der Waals surface area contributed by atoms with Gasteiger partial charge in [-0.3, -0.25) is 0 Å². The zero-order chi connectivity index (χ0) is 11.4. The fourth-order valence-electron chi connectivity index (χ4n) is 2.58. The van der Waals surface area contributed by atoms with Gasteiger partial charge in [0.05, 0.1) is 0 Å². The van der Waals surface area contributed by atoms with Crippen LogP contribution in [0, 0.1) is 0 Å². The molecule has 2 rings (SSSR count). The smallest absolute Gasteiger partial charge is 0.126 e. The summed E-state index contributed by atoms with van der Waals surface area (Å²) in [5.41, 5.74) is 4.44. The number of aryl methyl sites for hydroxylation is 2. The summed E-state index contributed by atoms with van der Waals surface area (Å²) in [5, 5.41) is 3.19. The largest absolute Gasteiger partial charge is 0.373 e. The van der Waals surface area contributed by atoms with Crippen molar-refractivity contribution in [2.75, 3.05) is 12.4 Å². The van der Waals surface area contributed by atoms with Crippen molar-refractivity contribution in [3.8, 4) is 0 Å². The number of fused-ring (bicyclic) bond motifs is 1. The first-order chi connectivity index (χ1) is 7.85. The minimum atomic E-state index is 1.05. The Morgan fingerprint density at radius 2 is 2.06 bits per heavy atom. The Morgan fingerprint density at radius 3 is 2.81 bits per heavy atom. The number of aromatic nitrogens is 1. The first-order valence-electron chi connectivity index (χ1n) is 6.54. The normalized spacial score (nSPS) is 15.4. The van der Waals surface area contributed by atoms with Crippen LogP contribution in [-0.4, -0.2) is 12.0 Å². The molecule has 2 nitrogen and oxygen atoms in total. The molecule has 0 aromatic carbocycles. The summed E-state index contributed by atoms with van der Waals surface area (Å²) in [5.74, 6) is 1.05. The van der Waals surface area contributed by atoms with Crippen LogP contribution in [0.3, 0.4) is 0 Å². The van der Waals surface area contributed by atoms with Gasteiger partial charge in [0.1, 0.15) is 5.82 Å².